The smallest absolute Gasteiger partial charge is 0.275 e. The zero-order valence-corrected chi connectivity index (χ0v) is 21.1. The van der Waals surface area contributed by atoms with E-state index in [-0.39, 0.29) is 41.6 Å². The topological polar surface area (TPSA) is 89.3 Å². The molecule has 0 bridgehead atoms. The Kier molecular flexibility index (Phi) is 6.25. The minimum atomic E-state index is -3.14. The van der Waals surface area contributed by atoms with Crippen molar-refractivity contribution in [3.8, 4) is 11.3 Å². The number of carbonyl (C=O) groups excluding carboxylic acids is 1. The number of aryl methyl sites for hydroxylation is 2. The fraction of sp³-hybridized carbons (Fsp3) is 0.444. The van der Waals surface area contributed by atoms with Crippen LogP contribution < -0.4 is 5.56 Å². The van der Waals surface area contributed by atoms with Crippen LogP contribution in [0.15, 0.2) is 47.3 Å². The van der Waals surface area contributed by atoms with Crippen molar-refractivity contribution in [2.45, 2.75) is 64.6 Å². The molecule has 2 aliphatic rings. The summed E-state index contributed by atoms with van der Waals surface area (Å²) in [7, 11) is -3.14. The van der Waals surface area contributed by atoms with Crippen LogP contribution in [0.4, 0.5) is 0 Å². The predicted octanol–water partition coefficient (Wildman–Crippen LogP) is 3.64. The zero-order valence-electron chi connectivity index (χ0n) is 20.2. The molecule has 0 radical (unpaired) electrons. The Hall–Kier alpha value is -3.00. The quantitative estimate of drug-likeness (QED) is 0.541. The van der Waals surface area contributed by atoms with E-state index in [4.69, 9.17) is 5.10 Å². The maximum absolute atomic E-state index is 13.7. The van der Waals surface area contributed by atoms with Gasteiger partial charge in [-0.1, -0.05) is 48.7 Å². The van der Waals surface area contributed by atoms with E-state index in [1.807, 2.05) is 44.2 Å². The molecule has 1 saturated heterocycles. The summed E-state index contributed by atoms with van der Waals surface area (Å²) in [6.45, 7) is 3.82. The molecule has 1 unspecified atom stereocenters. The lowest BCUT2D eigenvalue weighted by atomic mass is 9.99. The van der Waals surface area contributed by atoms with Gasteiger partial charge in [0.15, 0.2) is 9.84 Å². The fourth-order valence-electron chi connectivity index (χ4n) is 5.62. The van der Waals surface area contributed by atoms with Crippen LogP contribution in [0.5, 0.6) is 0 Å². The molecule has 1 aliphatic carbocycles. The summed E-state index contributed by atoms with van der Waals surface area (Å²) in [5.74, 6) is -0.113. The second kappa shape index (κ2) is 9.22. The van der Waals surface area contributed by atoms with E-state index in [1.165, 1.54) is 4.68 Å². The molecule has 1 aliphatic heterocycles. The van der Waals surface area contributed by atoms with Gasteiger partial charge >= 0.3 is 0 Å². The van der Waals surface area contributed by atoms with Crippen molar-refractivity contribution in [3.63, 3.8) is 0 Å². The molecule has 3 aromatic rings. The summed E-state index contributed by atoms with van der Waals surface area (Å²) < 4.78 is 25.7. The van der Waals surface area contributed by atoms with Gasteiger partial charge in [-0.3, -0.25) is 9.59 Å². The van der Waals surface area contributed by atoms with Gasteiger partial charge in [-0.2, -0.15) is 5.10 Å². The van der Waals surface area contributed by atoms with Gasteiger partial charge in [0.05, 0.1) is 22.6 Å². The maximum atomic E-state index is 13.7. The summed E-state index contributed by atoms with van der Waals surface area (Å²) in [5.41, 5.74) is 3.41. The molecule has 1 aromatic heterocycles. The Balaban J connectivity index is 1.57. The Bertz CT molecular complexity index is 1460. The van der Waals surface area contributed by atoms with Gasteiger partial charge in [-0.05, 0) is 50.8 Å². The van der Waals surface area contributed by atoms with Crippen LogP contribution in [0.3, 0.4) is 0 Å². The normalized spacial score (nSPS) is 19.9. The average molecular weight is 494 g/mol. The van der Waals surface area contributed by atoms with Gasteiger partial charge in [0.2, 0.25) is 5.91 Å². The van der Waals surface area contributed by atoms with Crippen molar-refractivity contribution in [3.05, 3.63) is 63.9 Å². The van der Waals surface area contributed by atoms with Gasteiger partial charge in [-0.25, -0.2) is 13.1 Å². The molecule has 0 spiro atoms. The average Bonchev–Trinajstić information content (AvgIpc) is 3.47. The zero-order chi connectivity index (χ0) is 24.7. The van der Waals surface area contributed by atoms with Gasteiger partial charge in [0, 0.05) is 23.0 Å². The van der Waals surface area contributed by atoms with Crippen LogP contribution in [0.1, 0.15) is 43.2 Å². The first-order chi connectivity index (χ1) is 16.7. The van der Waals surface area contributed by atoms with Crippen LogP contribution in [0.25, 0.3) is 22.0 Å². The van der Waals surface area contributed by atoms with Crippen molar-refractivity contribution in [1.29, 1.82) is 0 Å². The molecule has 7 nitrogen and oxygen atoms in total. The fourth-order valence-corrected chi connectivity index (χ4v) is 7.34. The number of hydrogen-bond donors (Lipinski definition) is 0. The van der Waals surface area contributed by atoms with Gasteiger partial charge < -0.3 is 4.90 Å². The number of aromatic nitrogens is 2. The second-order valence-electron chi connectivity index (χ2n) is 9.97. The summed E-state index contributed by atoms with van der Waals surface area (Å²) in [6, 6.07) is 13.2. The lowest BCUT2D eigenvalue weighted by Gasteiger charge is -2.34. The summed E-state index contributed by atoms with van der Waals surface area (Å²) in [4.78, 5) is 28.9. The van der Waals surface area contributed by atoms with Crippen LogP contribution in [0.2, 0.25) is 0 Å². The molecule has 0 N–H and O–H groups in total. The number of fused-ring (bicyclic) bond motifs is 1. The third-order valence-corrected chi connectivity index (χ3v) is 9.16. The van der Waals surface area contributed by atoms with Gasteiger partial charge in [0.1, 0.15) is 6.54 Å². The Labute approximate surface area is 205 Å². The number of amides is 1. The summed E-state index contributed by atoms with van der Waals surface area (Å²) in [6.07, 6.45) is 4.25. The minimum absolute atomic E-state index is 0.00300. The van der Waals surface area contributed by atoms with E-state index in [0.717, 1.165) is 47.8 Å². The van der Waals surface area contributed by atoms with Crippen LogP contribution >= 0.6 is 0 Å². The van der Waals surface area contributed by atoms with Crippen LogP contribution in [-0.2, 0) is 21.2 Å². The molecule has 1 saturated carbocycles. The molecule has 35 heavy (non-hydrogen) atoms. The SMILES string of the molecule is Cc1ccc(C)c(-c2nn(CC(=O)N(C3CCCC3)C3CCS(=O)(=O)C3)c(=O)c3ccccc23)c1. The molecule has 2 aromatic carbocycles. The maximum Gasteiger partial charge on any atom is 0.275 e. The largest absolute Gasteiger partial charge is 0.334 e. The number of hydrogen-bond acceptors (Lipinski definition) is 5. The molecule has 2 fully saturated rings. The van der Waals surface area contributed by atoms with Crippen molar-refractivity contribution < 1.29 is 13.2 Å². The summed E-state index contributed by atoms with van der Waals surface area (Å²) in [5, 5.41) is 5.99. The highest BCUT2D eigenvalue weighted by Gasteiger charge is 2.39. The van der Waals surface area contributed by atoms with E-state index < -0.39 is 9.84 Å². The lowest BCUT2D eigenvalue weighted by molar-refractivity contribution is -0.136. The molecule has 1 amide bonds. The summed E-state index contributed by atoms with van der Waals surface area (Å²) >= 11 is 0. The number of sulfone groups is 1. The first kappa shape index (κ1) is 23.7. The Morgan fingerprint density at radius 3 is 2.43 bits per heavy atom. The molecule has 8 heteroatoms. The molecule has 1 atom stereocenters. The molecular weight excluding hydrogens is 462 g/mol. The second-order valence-corrected chi connectivity index (χ2v) is 12.2. The minimum Gasteiger partial charge on any atom is -0.334 e. The molecular formula is C27H31N3O4S. The standard InChI is InChI=1S/C27H31N3O4S/c1-18-11-12-19(2)24(15-18)26-22-9-5-6-10-23(22)27(32)29(28-26)16-25(31)30(20-7-3-4-8-20)21-13-14-35(33,34)17-21/h5-6,9-12,15,20-21H,3-4,7-8,13-14,16-17H2,1-2H3. The molecule has 5 rings (SSSR count). The highest BCUT2D eigenvalue weighted by molar-refractivity contribution is 7.91. The van der Waals surface area contributed by atoms with E-state index in [0.29, 0.717) is 17.5 Å². The number of benzene rings is 2. The predicted molar refractivity (Wildman–Crippen MR) is 137 cm³/mol. The molecule has 184 valence electrons. The number of carbonyl (C=O) groups is 1. The third-order valence-electron chi connectivity index (χ3n) is 7.41. The van der Waals surface area contributed by atoms with E-state index in [9.17, 15) is 18.0 Å². The first-order valence-electron chi connectivity index (χ1n) is 12.3. The number of nitrogens with zero attached hydrogens (tertiary/aromatic N) is 3. The van der Waals surface area contributed by atoms with Crippen molar-refractivity contribution in [1.82, 2.24) is 14.7 Å². The lowest BCUT2D eigenvalue weighted by Crippen LogP contribution is -2.49. The van der Waals surface area contributed by atoms with Gasteiger partial charge in [-0.15, -0.1) is 0 Å². The van der Waals surface area contributed by atoms with Crippen LogP contribution in [0, 0.1) is 13.8 Å². The van der Waals surface area contributed by atoms with E-state index in [1.54, 1.807) is 11.0 Å². The van der Waals surface area contributed by atoms with Crippen molar-refractivity contribution in [2.75, 3.05) is 11.5 Å². The van der Waals surface area contributed by atoms with Crippen molar-refractivity contribution in [2.24, 2.45) is 0 Å². The Morgan fingerprint density at radius 1 is 1.03 bits per heavy atom. The highest BCUT2D eigenvalue weighted by Crippen LogP contribution is 2.31. The third kappa shape index (κ3) is 4.63. The van der Waals surface area contributed by atoms with Crippen molar-refractivity contribution >= 4 is 26.5 Å². The van der Waals surface area contributed by atoms with Crippen LogP contribution in [-0.4, -0.2) is 52.6 Å². The number of rotatable bonds is 5. The Morgan fingerprint density at radius 2 is 1.74 bits per heavy atom. The monoisotopic (exact) mass is 493 g/mol. The first-order valence-corrected chi connectivity index (χ1v) is 14.1. The highest BCUT2D eigenvalue weighted by atomic mass is 32.2. The van der Waals surface area contributed by atoms with Gasteiger partial charge in [0.25, 0.3) is 5.56 Å². The van der Waals surface area contributed by atoms with E-state index >= 15 is 0 Å². The van der Waals surface area contributed by atoms with E-state index in [2.05, 4.69) is 6.07 Å². The molecule has 2 heterocycles.